The van der Waals surface area contributed by atoms with Gasteiger partial charge in [0, 0.05) is 10.5 Å². The van der Waals surface area contributed by atoms with E-state index in [-0.39, 0.29) is 11.9 Å². The maximum atomic E-state index is 12.0. The first-order valence-corrected chi connectivity index (χ1v) is 7.86. The predicted molar refractivity (Wildman–Crippen MR) is 79.0 cm³/mol. The van der Waals surface area contributed by atoms with Gasteiger partial charge in [-0.25, -0.2) is 0 Å². The van der Waals surface area contributed by atoms with Gasteiger partial charge in [-0.3, -0.25) is 4.79 Å². The molecule has 0 radical (unpaired) electrons. The van der Waals surface area contributed by atoms with Gasteiger partial charge in [0.15, 0.2) is 0 Å². The monoisotopic (exact) mass is 371 g/mol. The van der Waals surface area contributed by atoms with Crippen LogP contribution in [0.1, 0.15) is 29.1 Å². The van der Waals surface area contributed by atoms with E-state index < -0.39 is 0 Å². The van der Waals surface area contributed by atoms with Gasteiger partial charge >= 0.3 is 0 Å². The third-order valence-electron chi connectivity index (χ3n) is 2.39. The molecule has 0 spiro atoms. The molecule has 1 N–H and O–H groups in total. The lowest BCUT2D eigenvalue weighted by molar-refractivity contribution is 0.0936. The second-order valence-corrected chi connectivity index (χ2v) is 6.18. The zero-order chi connectivity index (χ0) is 12.3. The Morgan fingerprint density at radius 3 is 2.62 bits per heavy atom. The molecule has 0 aliphatic heterocycles. The molecule has 0 saturated carbocycles. The number of carbonyl (C=O) groups excluding carboxylic acids is 1. The Morgan fingerprint density at radius 2 is 2.25 bits per heavy atom. The van der Waals surface area contributed by atoms with Gasteiger partial charge in [0.05, 0.1) is 5.02 Å². The first-order chi connectivity index (χ1) is 7.47. The van der Waals surface area contributed by atoms with Crippen molar-refractivity contribution in [1.29, 1.82) is 0 Å². The Hall–Kier alpha value is 0.190. The summed E-state index contributed by atoms with van der Waals surface area (Å²) in [5, 5.41) is 5.51. The van der Waals surface area contributed by atoms with Gasteiger partial charge in [-0.05, 0) is 23.8 Å². The highest BCUT2D eigenvalue weighted by Crippen LogP contribution is 2.27. The van der Waals surface area contributed by atoms with Crippen molar-refractivity contribution in [2.24, 2.45) is 5.92 Å². The van der Waals surface area contributed by atoms with E-state index in [2.05, 4.69) is 41.8 Å². The third-order valence-corrected chi connectivity index (χ3v) is 5.04. The van der Waals surface area contributed by atoms with Crippen LogP contribution in [0.15, 0.2) is 5.38 Å². The summed E-state index contributed by atoms with van der Waals surface area (Å²) < 4.78 is 0.906. The van der Waals surface area contributed by atoms with Gasteiger partial charge in [-0.15, -0.1) is 11.3 Å². The normalized spacial score (nSPS) is 12.9. The molecular weight excluding hydrogens is 357 g/mol. The summed E-state index contributed by atoms with van der Waals surface area (Å²) in [6, 6.07) is 0.201. The minimum absolute atomic E-state index is 0.0570. The SMILES string of the molecule is Cc1csc(C(=O)NC(CI)C(C)C)c1Cl. The van der Waals surface area contributed by atoms with E-state index in [4.69, 9.17) is 11.6 Å². The van der Waals surface area contributed by atoms with E-state index >= 15 is 0 Å². The van der Waals surface area contributed by atoms with Crippen LogP contribution in [0.4, 0.5) is 0 Å². The molecule has 1 rings (SSSR count). The Morgan fingerprint density at radius 1 is 1.62 bits per heavy atom. The van der Waals surface area contributed by atoms with Crippen LogP contribution >= 0.6 is 45.5 Å². The van der Waals surface area contributed by atoms with Crippen molar-refractivity contribution >= 4 is 51.4 Å². The summed E-state index contributed by atoms with van der Waals surface area (Å²) >= 11 is 9.75. The Labute approximate surface area is 119 Å². The number of carbonyl (C=O) groups is 1. The second-order valence-electron chi connectivity index (χ2n) is 4.04. The number of halogens is 2. The van der Waals surface area contributed by atoms with Crippen LogP contribution in [0.5, 0.6) is 0 Å². The second kappa shape index (κ2) is 6.21. The van der Waals surface area contributed by atoms with E-state index in [9.17, 15) is 4.79 Å². The maximum absolute atomic E-state index is 12.0. The quantitative estimate of drug-likeness (QED) is 0.631. The van der Waals surface area contributed by atoms with Crippen molar-refractivity contribution in [3.63, 3.8) is 0 Å². The van der Waals surface area contributed by atoms with E-state index in [0.717, 1.165) is 9.99 Å². The molecule has 2 nitrogen and oxygen atoms in total. The first-order valence-electron chi connectivity index (χ1n) is 5.07. The highest BCUT2D eigenvalue weighted by atomic mass is 127. The molecule has 1 atom stereocenters. The van der Waals surface area contributed by atoms with Crippen LogP contribution < -0.4 is 5.32 Å². The summed E-state index contributed by atoms with van der Waals surface area (Å²) in [4.78, 5) is 12.6. The molecule has 0 aliphatic carbocycles. The number of hydrogen-bond donors (Lipinski definition) is 1. The van der Waals surface area contributed by atoms with Crippen molar-refractivity contribution in [2.75, 3.05) is 4.43 Å². The molecule has 0 fully saturated rings. The van der Waals surface area contributed by atoms with E-state index in [1.807, 2.05) is 12.3 Å². The molecular formula is C11H15ClINOS. The summed E-state index contributed by atoms with van der Waals surface area (Å²) in [7, 11) is 0. The number of thiophene rings is 1. The van der Waals surface area contributed by atoms with Crippen molar-refractivity contribution in [3.05, 3.63) is 20.8 Å². The Kier molecular flexibility index (Phi) is 5.53. The third kappa shape index (κ3) is 3.34. The molecule has 0 aliphatic rings. The van der Waals surface area contributed by atoms with Crippen molar-refractivity contribution in [2.45, 2.75) is 26.8 Å². The summed E-state index contributed by atoms with van der Waals surface area (Å²) in [5.41, 5.74) is 0.965. The molecule has 1 aromatic heterocycles. The highest BCUT2D eigenvalue weighted by molar-refractivity contribution is 14.1. The fourth-order valence-corrected chi connectivity index (χ4v) is 3.62. The molecule has 1 unspecified atom stereocenters. The average molecular weight is 372 g/mol. The van der Waals surface area contributed by atoms with Crippen LogP contribution in [0.2, 0.25) is 5.02 Å². The predicted octanol–water partition coefficient (Wildman–Crippen LogP) is 3.90. The molecule has 1 heterocycles. The molecule has 0 saturated heterocycles. The van der Waals surface area contributed by atoms with Crippen molar-refractivity contribution in [1.82, 2.24) is 5.32 Å². The topological polar surface area (TPSA) is 29.1 Å². The average Bonchev–Trinajstić information content (AvgIpc) is 2.55. The number of amides is 1. The van der Waals surface area contributed by atoms with E-state index in [0.29, 0.717) is 15.8 Å². The van der Waals surface area contributed by atoms with Gasteiger partial charge in [0.2, 0.25) is 0 Å². The molecule has 16 heavy (non-hydrogen) atoms. The minimum Gasteiger partial charge on any atom is -0.348 e. The van der Waals surface area contributed by atoms with Crippen LogP contribution in [-0.2, 0) is 0 Å². The van der Waals surface area contributed by atoms with Crippen LogP contribution in [-0.4, -0.2) is 16.4 Å². The van der Waals surface area contributed by atoms with Gasteiger partial charge < -0.3 is 5.32 Å². The number of aryl methyl sites for hydroxylation is 1. The molecule has 0 aromatic carbocycles. The first kappa shape index (κ1) is 14.3. The summed E-state index contributed by atoms with van der Waals surface area (Å²) in [6.07, 6.45) is 0. The fourth-order valence-electron chi connectivity index (χ4n) is 1.20. The molecule has 5 heteroatoms. The van der Waals surface area contributed by atoms with Crippen molar-refractivity contribution < 1.29 is 4.79 Å². The summed E-state index contributed by atoms with van der Waals surface area (Å²) in [6.45, 7) is 6.11. The molecule has 1 aromatic rings. The largest absolute Gasteiger partial charge is 0.348 e. The van der Waals surface area contributed by atoms with Gasteiger partial charge in [-0.1, -0.05) is 48.0 Å². The van der Waals surface area contributed by atoms with Crippen LogP contribution in [0.3, 0.4) is 0 Å². The zero-order valence-corrected chi connectivity index (χ0v) is 13.2. The maximum Gasteiger partial charge on any atom is 0.263 e. The fraction of sp³-hybridized carbons (Fsp3) is 0.545. The number of nitrogens with one attached hydrogen (secondary N) is 1. The highest BCUT2D eigenvalue weighted by Gasteiger charge is 2.19. The standard InChI is InChI=1S/C11H15ClINOS/c1-6(2)8(4-13)14-11(15)10-9(12)7(3)5-16-10/h5-6,8H,4H2,1-3H3,(H,14,15). The molecule has 1 amide bonds. The number of rotatable bonds is 4. The van der Waals surface area contributed by atoms with Crippen LogP contribution in [0.25, 0.3) is 0 Å². The lowest BCUT2D eigenvalue weighted by Gasteiger charge is -2.19. The lowest BCUT2D eigenvalue weighted by Crippen LogP contribution is -2.39. The van der Waals surface area contributed by atoms with Crippen molar-refractivity contribution in [3.8, 4) is 0 Å². The van der Waals surface area contributed by atoms with E-state index in [1.165, 1.54) is 11.3 Å². The van der Waals surface area contributed by atoms with Crippen LogP contribution in [0, 0.1) is 12.8 Å². The molecule has 0 bridgehead atoms. The number of alkyl halides is 1. The van der Waals surface area contributed by atoms with Gasteiger partial charge in [-0.2, -0.15) is 0 Å². The van der Waals surface area contributed by atoms with Gasteiger partial charge in [0.25, 0.3) is 5.91 Å². The lowest BCUT2D eigenvalue weighted by atomic mass is 10.1. The van der Waals surface area contributed by atoms with Gasteiger partial charge in [0.1, 0.15) is 4.88 Å². The number of hydrogen-bond acceptors (Lipinski definition) is 2. The Balaban J connectivity index is 2.76. The Bertz CT molecular complexity index is 378. The summed E-state index contributed by atoms with van der Waals surface area (Å²) in [5.74, 6) is 0.374. The smallest absolute Gasteiger partial charge is 0.263 e. The minimum atomic E-state index is -0.0570. The molecule has 90 valence electrons. The van der Waals surface area contributed by atoms with E-state index in [1.54, 1.807) is 0 Å². The zero-order valence-electron chi connectivity index (χ0n) is 9.51.